The maximum Gasteiger partial charge on any atom is 0.0948 e. The van der Waals surface area contributed by atoms with Crippen LogP contribution in [0.25, 0.3) is 0 Å². The summed E-state index contributed by atoms with van der Waals surface area (Å²) in [6, 6.07) is 8.72. The van der Waals surface area contributed by atoms with Gasteiger partial charge in [-0.15, -0.1) is 0 Å². The minimum atomic E-state index is 0.322. The molecule has 0 aliphatic rings. The monoisotopic (exact) mass is 307 g/mol. The van der Waals surface area contributed by atoms with E-state index < -0.39 is 0 Å². The summed E-state index contributed by atoms with van der Waals surface area (Å²) >= 11 is 3.50. The van der Waals surface area contributed by atoms with Crippen molar-refractivity contribution in [1.82, 2.24) is 14.9 Å². The third kappa shape index (κ3) is 3.21. The first kappa shape index (κ1) is 13.3. The lowest BCUT2D eigenvalue weighted by Gasteiger charge is -2.15. The first-order valence-corrected chi connectivity index (χ1v) is 6.98. The van der Waals surface area contributed by atoms with Crippen molar-refractivity contribution in [1.29, 1.82) is 0 Å². The molecule has 4 heteroatoms. The van der Waals surface area contributed by atoms with Crippen LogP contribution in [0.2, 0.25) is 0 Å². The number of hydrogen-bond acceptors (Lipinski definition) is 2. The van der Waals surface area contributed by atoms with Crippen molar-refractivity contribution in [3.63, 3.8) is 0 Å². The van der Waals surface area contributed by atoms with Gasteiger partial charge in [-0.1, -0.05) is 28.1 Å². The first-order valence-electron chi connectivity index (χ1n) is 6.18. The third-order valence-electron chi connectivity index (χ3n) is 3.08. The normalized spacial score (nSPS) is 12.6. The van der Waals surface area contributed by atoms with Crippen molar-refractivity contribution in [3.8, 4) is 0 Å². The van der Waals surface area contributed by atoms with E-state index in [0.29, 0.717) is 6.04 Å². The number of benzene rings is 1. The topological polar surface area (TPSA) is 29.9 Å². The molecule has 0 saturated carbocycles. The van der Waals surface area contributed by atoms with Crippen molar-refractivity contribution in [3.05, 3.63) is 52.5 Å². The molecule has 0 aliphatic carbocycles. The zero-order valence-electron chi connectivity index (χ0n) is 10.7. The molecular formula is C14H18BrN3. The van der Waals surface area contributed by atoms with Gasteiger partial charge < -0.3 is 9.88 Å². The number of nitrogens with zero attached hydrogens (tertiary/aromatic N) is 2. The standard InChI is InChI=1S/C14H18BrN3/c1-3-18-10-16-8-14(18)9-17-11(2)12-5-4-6-13(15)7-12/h4-8,10-11,17H,3,9H2,1-2H3/t11-/m1/s1. The van der Waals surface area contributed by atoms with Gasteiger partial charge in [-0.2, -0.15) is 0 Å². The average molecular weight is 308 g/mol. The molecule has 1 aromatic heterocycles. The fourth-order valence-electron chi connectivity index (χ4n) is 1.93. The van der Waals surface area contributed by atoms with Gasteiger partial charge in [0.15, 0.2) is 0 Å². The highest BCUT2D eigenvalue weighted by Crippen LogP contribution is 2.18. The van der Waals surface area contributed by atoms with Crippen LogP contribution in [-0.2, 0) is 13.1 Å². The molecule has 0 amide bonds. The van der Waals surface area contributed by atoms with E-state index in [2.05, 4.69) is 62.8 Å². The fraction of sp³-hybridized carbons (Fsp3) is 0.357. The number of aryl methyl sites for hydroxylation is 1. The quantitative estimate of drug-likeness (QED) is 0.916. The Hall–Kier alpha value is -1.13. The van der Waals surface area contributed by atoms with Crippen LogP contribution in [0.5, 0.6) is 0 Å². The van der Waals surface area contributed by atoms with E-state index in [4.69, 9.17) is 0 Å². The van der Waals surface area contributed by atoms with Crippen LogP contribution in [0.1, 0.15) is 31.1 Å². The molecule has 0 fully saturated rings. The number of halogens is 1. The second-order valence-corrected chi connectivity index (χ2v) is 5.24. The number of nitrogens with one attached hydrogen (secondary N) is 1. The van der Waals surface area contributed by atoms with E-state index >= 15 is 0 Å². The minimum Gasteiger partial charge on any atom is -0.334 e. The molecule has 1 atom stereocenters. The Labute approximate surface area is 116 Å². The molecule has 1 N–H and O–H groups in total. The molecule has 3 nitrogen and oxygen atoms in total. The Balaban J connectivity index is 1.98. The summed E-state index contributed by atoms with van der Waals surface area (Å²) in [5.41, 5.74) is 2.51. The molecule has 96 valence electrons. The average Bonchev–Trinajstić information content (AvgIpc) is 2.83. The van der Waals surface area contributed by atoms with E-state index in [-0.39, 0.29) is 0 Å². The Morgan fingerprint density at radius 3 is 3.00 bits per heavy atom. The fourth-order valence-corrected chi connectivity index (χ4v) is 2.35. The van der Waals surface area contributed by atoms with Gasteiger partial charge in [-0.25, -0.2) is 4.98 Å². The molecular weight excluding hydrogens is 290 g/mol. The van der Waals surface area contributed by atoms with Crippen molar-refractivity contribution < 1.29 is 0 Å². The van der Waals surface area contributed by atoms with Crippen molar-refractivity contribution in [2.45, 2.75) is 33.0 Å². The van der Waals surface area contributed by atoms with Gasteiger partial charge >= 0.3 is 0 Å². The summed E-state index contributed by atoms with van der Waals surface area (Å²) in [5, 5.41) is 3.52. The molecule has 0 aliphatic heterocycles. The maximum atomic E-state index is 4.17. The highest BCUT2D eigenvalue weighted by Gasteiger charge is 2.06. The van der Waals surface area contributed by atoms with Gasteiger partial charge in [0, 0.05) is 29.8 Å². The van der Waals surface area contributed by atoms with Crippen LogP contribution in [0.4, 0.5) is 0 Å². The highest BCUT2D eigenvalue weighted by atomic mass is 79.9. The van der Waals surface area contributed by atoms with Gasteiger partial charge in [-0.3, -0.25) is 0 Å². The smallest absolute Gasteiger partial charge is 0.0948 e. The van der Waals surface area contributed by atoms with Crippen molar-refractivity contribution in [2.24, 2.45) is 0 Å². The lowest BCUT2D eigenvalue weighted by Crippen LogP contribution is -2.19. The van der Waals surface area contributed by atoms with Gasteiger partial charge in [0.05, 0.1) is 12.0 Å². The molecule has 18 heavy (non-hydrogen) atoms. The molecule has 0 unspecified atom stereocenters. The number of rotatable bonds is 5. The summed E-state index contributed by atoms with van der Waals surface area (Å²) in [5.74, 6) is 0. The van der Waals surface area contributed by atoms with Crippen LogP contribution in [0.15, 0.2) is 41.3 Å². The molecule has 2 aromatic rings. The molecule has 0 radical (unpaired) electrons. The highest BCUT2D eigenvalue weighted by molar-refractivity contribution is 9.10. The van der Waals surface area contributed by atoms with E-state index in [9.17, 15) is 0 Å². The molecule has 0 bridgehead atoms. The summed E-state index contributed by atoms with van der Waals surface area (Å²) in [7, 11) is 0. The summed E-state index contributed by atoms with van der Waals surface area (Å²) < 4.78 is 3.27. The second kappa shape index (κ2) is 6.16. The molecule has 2 rings (SSSR count). The van der Waals surface area contributed by atoms with Crippen molar-refractivity contribution in [2.75, 3.05) is 0 Å². The Morgan fingerprint density at radius 2 is 2.28 bits per heavy atom. The molecule has 0 saturated heterocycles. The minimum absolute atomic E-state index is 0.322. The summed E-state index contributed by atoms with van der Waals surface area (Å²) in [6.07, 6.45) is 3.80. The van der Waals surface area contributed by atoms with Crippen LogP contribution in [0, 0.1) is 0 Å². The van der Waals surface area contributed by atoms with Crippen LogP contribution < -0.4 is 5.32 Å². The van der Waals surface area contributed by atoms with Crippen LogP contribution in [-0.4, -0.2) is 9.55 Å². The van der Waals surface area contributed by atoms with Crippen LogP contribution >= 0.6 is 15.9 Å². The predicted octanol–water partition coefficient (Wildman–Crippen LogP) is 3.52. The second-order valence-electron chi connectivity index (χ2n) is 4.33. The SMILES string of the molecule is CCn1cncc1CN[C@H](C)c1cccc(Br)c1. The van der Waals surface area contributed by atoms with Gasteiger partial charge in [0.1, 0.15) is 0 Å². The Kier molecular flexibility index (Phi) is 4.55. The zero-order valence-corrected chi connectivity index (χ0v) is 12.3. The predicted molar refractivity (Wildman–Crippen MR) is 77.3 cm³/mol. The van der Waals surface area contributed by atoms with E-state index in [1.807, 2.05) is 18.6 Å². The number of hydrogen-bond donors (Lipinski definition) is 1. The first-order chi connectivity index (χ1) is 8.70. The summed E-state index contributed by atoms with van der Waals surface area (Å²) in [4.78, 5) is 4.17. The van der Waals surface area contributed by atoms with Gasteiger partial charge in [0.25, 0.3) is 0 Å². The lowest BCUT2D eigenvalue weighted by molar-refractivity contribution is 0.549. The molecule has 0 spiro atoms. The van der Waals surface area contributed by atoms with Crippen molar-refractivity contribution >= 4 is 15.9 Å². The third-order valence-corrected chi connectivity index (χ3v) is 3.57. The Morgan fingerprint density at radius 1 is 1.44 bits per heavy atom. The number of aromatic nitrogens is 2. The van der Waals surface area contributed by atoms with E-state index in [1.54, 1.807) is 0 Å². The van der Waals surface area contributed by atoms with Gasteiger partial charge in [-0.05, 0) is 31.5 Å². The molecule has 1 aromatic carbocycles. The molecule has 1 heterocycles. The van der Waals surface area contributed by atoms with Crippen LogP contribution in [0.3, 0.4) is 0 Å². The Bertz CT molecular complexity index is 507. The maximum absolute atomic E-state index is 4.17. The number of imidazole rings is 1. The zero-order chi connectivity index (χ0) is 13.0. The summed E-state index contributed by atoms with van der Waals surface area (Å²) in [6.45, 7) is 6.10. The largest absolute Gasteiger partial charge is 0.334 e. The lowest BCUT2D eigenvalue weighted by atomic mass is 10.1. The van der Waals surface area contributed by atoms with E-state index in [1.165, 1.54) is 11.3 Å². The van der Waals surface area contributed by atoms with E-state index in [0.717, 1.165) is 17.6 Å². The van der Waals surface area contributed by atoms with Gasteiger partial charge in [0.2, 0.25) is 0 Å².